The highest BCUT2D eigenvalue weighted by Gasteiger charge is 2.20. The van der Waals surface area contributed by atoms with Crippen molar-refractivity contribution in [2.24, 2.45) is 5.73 Å². The van der Waals surface area contributed by atoms with Crippen molar-refractivity contribution in [3.05, 3.63) is 63.6 Å². The molecule has 132 valence electrons. The van der Waals surface area contributed by atoms with Gasteiger partial charge in [-0.2, -0.15) is 0 Å². The van der Waals surface area contributed by atoms with Crippen LogP contribution in [0.15, 0.2) is 42.5 Å². The predicted octanol–water partition coefficient (Wildman–Crippen LogP) is 3.52. The fourth-order valence-corrected chi connectivity index (χ4v) is 3.00. The fraction of sp³-hybridized carbons (Fsp3) is 0.222. The van der Waals surface area contributed by atoms with Crippen molar-refractivity contribution in [3.63, 3.8) is 0 Å². The van der Waals surface area contributed by atoms with Gasteiger partial charge in [-0.3, -0.25) is 9.59 Å². The number of carbonyl (C=O) groups is 2. The number of ether oxygens (including phenoxy) is 1. The summed E-state index contributed by atoms with van der Waals surface area (Å²) in [7, 11) is 1.45. The molecule has 5 nitrogen and oxygen atoms in total. The van der Waals surface area contributed by atoms with Crippen molar-refractivity contribution in [2.75, 3.05) is 13.7 Å². The molecule has 0 atom stereocenters. The van der Waals surface area contributed by atoms with Gasteiger partial charge in [-0.05, 0) is 17.7 Å². The zero-order valence-corrected chi connectivity index (χ0v) is 15.2. The summed E-state index contributed by atoms with van der Waals surface area (Å²) in [4.78, 5) is 25.6. The molecular weight excluding hydrogens is 363 g/mol. The minimum Gasteiger partial charge on any atom is -0.494 e. The van der Waals surface area contributed by atoms with Gasteiger partial charge in [0.05, 0.1) is 17.2 Å². The molecule has 0 aromatic heterocycles. The second-order valence-electron chi connectivity index (χ2n) is 5.40. The Bertz CT molecular complexity index is 743. The first-order valence-corrected chi connectivity index (χ1v) is 8.32. The Kier molecular flexibility index (Phi) is 6.67. The number of benzene rings is 2. The highest BCUT2D eigenvalue weighted by Crippen LogP contribution is 2.34. The molecule has 0 aliphatic heterocycles. The van der Waals surface area contributed by atoms with Gasteiger partial charge in [-0.25, -0.2) is 0 Å². The summed E-state index contributed by atoms with van der Waals surface area (Å²) in [5, 5.41) is 0.487. The van der Waals surface area contributed by atoms with Gasteiger partial charge in [0.25, 0.3) is 5.91 Å². The third-order valence-corrected chi connectivity index (χ3v) is 4.14. The lowest BCUT2D eigenvalue weighted by Crippen LogP contribution is -2.33. The van der Waals surface area contributed by atoms with Gasteiger partial charge in [-0.15, -0.1) is 0 Å². The molecule has 2 rings (SSSR count). The van der Waals surface area contributed by atoms with Gasteiger partial charge >= 0.3 is 0 Å². The summed E-state index contributed by atoms with van der Waals surface area (Å²) in [5.74, 6) is -0.458. The Morgan fingerprint density at radius 2 is 1.72 bits per heavy atom. The topological polar surface area (TPSA) is 72.6 Å². The number of amides is 2. The van der Waals surface area contributed by atoms with Gasteiger partial charge in [0.2, 0.25) is 5.91 Å². The number of halogens is 2. The van der Waals surface area contributed by atoms with Crippen LogP contribution in [-0.2, 0) is 11.3 Å². The molecule has 0 heterocycles. The first-order valence-electron chi connectivity index (χ1n) is 7.57. The monoisotopic (exact) mass is 380 g/mol. The van der Waals surface area contributed by atoms with E-state index in [-0.39, 0.29) is 28.9 Å². The molecule has 7 heteroatoms. The van der Waals surface area contributed by atoms with E-state index < -0.39 is 5.91 Å². The van der Waals surface area contributed by atoms with E-state index in [2.05, 4.69) is 0 Å². The molecule has 2 N–H and O–H groups in total. The number of nitrogens with two attached hydrogens (primary N) is 1. The smallest absolute Gasteiger partial charge is 0.254 e. The molecule has 0 aliphatic rings. The van der Waals surface area contributed by atoms with E-state index in [4.69, 9.17) is 33.7 Å². The SMILES string of the molecule is COc1c(Cl)cc(C(=O)N(CCC(N)=O)Cc2ccccc2)cc1Cl. The maximum absolute atomic E-state index is 12.9. The summed E-state index contributed by atoms with van der Waals surface area (Å²) < 4.78 is 5.10. The largest absolute Gasteiger partial charge is 0.494 e. The molecule has 0 bridgehead atoms. The molecule has 0 fully saturated rings. The van der Waals surface area contributed by atoms with Crippen LogP contribution in [0.25, 0.3) is 0 Å². The molecule has 0 aliphatic carbocycles. The van der Waals surface area contributed by atoms with Crippen molar-refractivity contribution >= 4 is 35.0 Å². The van der Waals surface area contributed by atoms with E-state index in [1.807, 2.05) is 30.3 Å². The van der Waals surface area contributed by atoms with Gasteiger partial charge in [0.1, 0.15) is 0 Å². The van der Waals surface area contributed by atoms with Gasteiger partial charge in [0.15, 0.2) is 5.75 Å². The second-order valence-corrected chi connectivity index (χ2v) is 6.22. The standard InChI is InChI=1S/C18H18Cl2N2O3/c1-25-17-14(19)9-13(10-15(17)20)18(24)22(8-7-16(21)23)11-12-5-3-2-4-6-12/h2-6,9-10H,7-8,11H2,1H3,(H2,21,23). The summed E-state index contributed by atoms with van der Waals surface area (Å²) in [6.07, 6.45) is 0.0657. The van der Waals surface area contributed by atoms with E-state index in [0.29, 0.717) is 17.9 Å². The zero-order valence-electron chi connectivity index (χ0n) is 13.7. The Hall–Kier alpha value is -2.24. The zero-order chi connectivity index (χ0) is 18.4. The summed E-state index contributed by atoms with van der Waals surface area (Å²) in [6.45, 7) is 0.540. The average Bonchev–Trinajstić information content (AvgIpc) is 2.58. The number of hydrogen-bond acceptors (Lipinski definition) is 3. The Balaban J connectivity index is 2.29. The number of rotatable bonds is 7. The summed E-state index contributed by atoms with van der Waals surface area (Å²) >= 11 is 12.2. The van der Waals surface area contributed by atoms with Crippen LogP contribution >= 0.6 is 23.2 Å². The number of primary amides is 1. The van der Waals surface area contributed by atoms with Crippen molar-refractivity contribution in [2.45, 2.75) is 13.0 Å². The summed E-state index contributed by atoms with van der Waals surface area (Å²) in [5.41, 5.74) is 6.48. The molecule has 0 unspecified atom stereocenters. The second kappa shape index (κ2) is 8.74. The number of carbonyl (C=O) groups excluding carboxylic acids is 2. The minimum absolute atomic E-state index is 0.0657. The van der Waals surface area contributed by atoms with E-state index in [1.165, 1.54) is 24.1 Å². The number of hydrogen-bond donors (Lipinski definition) is 1. The highest BCUT2D eigenvalue weighted by atomic mass is 35.5. The fourth-order valence-electron chi connectivity index (χ4n) is 2.36. The van der Waals surface area contributed by atoms with Crippen LogP contribution in [0.4, 0.5) is 0 Å². The van der Waals surface area contributed by atoms with Crippen LogP contribution in [-0.4, -0.2) is 30.4 Å². The Labute approximate surface area is 156 Å². The van der Waals surface area contributed by atoms with Crippen LogP contribution in [0.2, 0.25) is 10.0 Å². The maximum Gasteiger partial charge on any atom is 0.254 e. The Morgan fingerprint density at radius 1 is 1.12 bits per heavy atom. The molecule has 0 saturated heterocycles. The molecule has 25 heavy (non-hydrogen) atoms. The van der Waals surface area contributed by atoms with Gasteiger partial charge in [-0.1, -0.05) is 53.5 Å². The van der Waals surface area contributed by atoms with Crippen LogP contribution in [0.5, 0.6) is 5.75 Å². The molecule has 0 saturated carbocycles. The van der Waals surface area contributed by atoms with E-state index in [1.54, 1.807) is 0 Å². The quantitative estimate of drug-likeness (QED) is 0.798. The number of methoxy groups -OCH3 is 1. The normalized spacial score (nSPS) is 10.4. The van der Waals surface area contributed by atoms with Crippen molar-refractivity contribution < 1.29 is 14.3 Å². The van der Waals surface area contributed by atoms with E-state index in [9.17, 15) is 9.59 Å². The molecule has 2 amide bonds. The molecule has 2 aromatic carbocycles. The minimum atomic E-state index is -0.475. The van der Waals surface area contributed by atoms with Crippen LogP contribution < -0.4 is 10.5 Å². The lowest BCUT2D eigenvalue weighted by molar-refractivity contribution is -0.118. The predicted molar refractivity (Wildman–Crippen MR) is 98.0 cm³/mol. The van der Waals surface area contributed by atoms with E-state index in [0.717, 1.165) is 5.56 Å². The molecule has 2 aromatic rings. The molecule has 0 radical (unpaired) electrons. The van der Waals surface area contributed by atoms with Crippen molar-refractivity contribution in [1.82, 2.24) is 4.90 Å². The first-order chi connectivity index (χ1) is 11.9. The molecule has 0 spiro atoms. The lowest BCUT2D eigenvalue weighted by atomic mass is 10.1. The van der Waals surface area contributed by atoms with Crippen LogP contribution in [0.3, 0.4) is 0 Å². The first kappa shape index (κ1) is 19.1. The van der Waals surface area contributed by atoms with E-state index >= 15 is 0 Å². The van der Waals surface area contributed by atoms with Gasteiger partial charge < -0.3 is 15.4 Å². The highest BCUT2D eigenvalue weighted by molar-refractivity contribution is 6.37. The average molecular weight is 381 g/mol. The summed E-state index contributed by atoms with van der Waals surface area (Å²) in [6, 6.07) is 12.5. The van der Waals surface area contributed by atoms with Crippen LogP contribution in [0, 0.1) is 0 Å². The van der Waals surface area contributed by atoms with Crippen molar-refractivity contribution in [1.29, 1.82) is 0 Å². The third-order valence-electron chi connectivity index (χ3n) is 3.58. The van der Waals surface area contributed by atoms with Crippen LogP contribution in [0.1, 0.15) is 22.3 Å². The Morgan fingerprint density at radius 3 is 2.24 bits per heavy atom. The molecular formula is C18H18Cl2N2O3. The number of nitrogens with zero attached hydrogens (tertiary/aromatic N) is 1. The maximum atomic E-state index is 12.9. The van der Waals surface area contributed by atoms with Crippen molar-refractivity contribution in [3.8, 4) is 5.75 Å². The lowest BCUT2D eigenvalue weighted by Gasteiger charge is -2.23. The van der Waals surface area contributed by atoms with Gasteiger partial charge in [0, 0.05) is 25.1 Å². The third kappa shape index (κ3) is 5.11.